The highest BCUT2D eigenvalue weighted by Crippen LogP contribution is 2.25. The number of fused-ring (bicyclic) bond motifs is 2. The number of aromatic nitrogens is 3. The van der Waals surface area contributed by atoms with Crippen LogP contribution < -0.4 is 10.9 Å². The van der Waals surface area contributed by atoms with Gasteiger partial charge in [-0.15, -0.1) is 0 Å². The highest BCUT2D eigenvalue weighted by atomic mass is 35.5. The van der Waals surface area contributed by atoms with E-state index in [0.29, 0.717) is 30.7 Å². The van der Waals surface area contributed by atoms with Gasteiger partial charge in [0, 0.05) is 38.3 Å². The van der Waals surface area contributed by atoms with Crippen molar-refractivity contribution < 1.29 is 9.18 Å². The van der Waals surface area contributed by atoms with Crippen LogP contribution >= 0.6 is 11.6 Å². The summed E-state index contributed by atoms with van der Waals surface area (Å²) < 4.78 is 16.7. The van der Waals surface area contributed by atoms with E-state index in [9.17, 15) is 14.0 Å². The second-order valence-corrected chi connectivity index (χ2v) is 8.70. The lowest BCUT2D eigenvalue weighted by Crippen LogP contribution is -2.38. The van der Waals surface area contributed by atoms with E-state index in [0.717, 1.165) is 24.8 Å². The normalized spacial score (nSPS) is 13.7. The molecule has 2 aromatic carbocycles. The summed E-state index contributed by atoms with van der Waals surface area (Å²) in [7, 11) is 0. The van der Waals surface area contributed by atoms with Crippen molar-refractivity contribution in [1.82, 2.24) is 19.1 Å². The van der Waals surface area contributed by atoms with E-state index in [2.05, 4.69) is 27.4 Å². The lowest BCUT2D eigenvalue weighted by Gasteiger charge is -2.30. The zero-order chi connectivity index (χ0) is 23.8. The first-order chi connectivity index (χ1) is 16.5. The average Bonchev–Trinajstić information content (AvgIpc) is 3.28. The molecule has 0 fully saturated rings. The number of halogens is 2. The molecule has 0 saturated carbocycles. The fraction of sp³-hybridized carbons (Fsp3) is 0.240. The van der Waals surface area contributed by atoms with Crippen LogP contribution in [0.5, 0.6) is 0 Å². The smallest absolute Gasteiger partial charge is 0.279 e. The minimum absolute atomic E-state index is 0.0913. The van der Waals surface area contributed by atoms with Gasteiger partial charge in [0.1, 0.15) is 11.4 Å². The third-order valence-electron chi connectivity index (χ3n) is 6.16. The van der Waals surface area contributed by atoms with Gasteiger partial charge in [-0.25, -0.2) is 4.39 Å². The van der Waals surface area contributed by atoms with Crippen LogP contribution in [0.25, 0.3) is 5.65 Å². The van der Waals surface area contributed by atoms with Gasteiger partial charge in [-0.1, -0.05) is 41.9 Å². The zero-order valence-electron chi connectivity index (χ0n) is 18.6. The Kier molecular flexibility index (Phi) is 5.93. The van der Waals surface area contributed by atoms with Crippen LogP contribution in [0.1, 0.15) is 34.1 Å². The molecule has 2 aromatic heterocycles. The maximum Gasteiger partial charge on any atom is 0.279 e. The summed E-state index contributed by atoms with van der Waals surface area (Å²) in [6.45, 7) is 4.64. The molecule has 0 atom stereocenters. The van der Waals surface area contributed by atoms with Crippen LogP contribution in [0.2, 0.25) is 5.02 Å². The largest absolute Gasteiger partial charge is 0.329 e. The summed E-state index contributed by atoms with van der Waals surface area (Å²) in [4.78, 5) is 28.7. The maximum atomic E-state index is 13.4. The van der Waals surface area contributed by atoms with Crippen LogP contribution in [0.15, 0.2) is 59.5 Å². The number of rotatable bonds is 5. The molecule has 0 aliphatic carbocycles. The number of hydrogen-bond acceptors (Lipinski definition) is 4. The third-order valence-corrected chi connectivity index (χ3v) is 6.47. The number of nitrogens with one attached hydrogen (secondary N) is 1. The van der Waals surface area contributed by atoms with Crippen LogP contribution in [0.3, 0.4) is 0 Å². The van der Waals surface area contributed by atoms with Gasteiger partial charge < -0.3 is 9.88 Å². The Bertz CT molecular complexity index is 1450. The number of carbonyl (C=O) groups is 1. The number of nitrogens with zero attached hydrogens (tertiary/aromatic N) is 4. The average molecular weight is 480 g/mol. The molecule has 7 nitrogen and oxygen atoms in total. The molecular weight excluding hydrogens is 457 g/mol. The summed E-state index contributed by atoms with van der Waals surface area (Å²) in [5.74, 6) is -0.960. The predicted octanol–water partition coefficient (Wildman–Crippen LogP) is 4.12. The van der Waals surface area contributed by atoms with E-state index in [1.165, 1.54) is 28.4 Å². The number of benzene rings is 2. The summed E-state index contributed by atoms with van der Waals surface area (Å²) in [6.07, 6.45) is 2.08. The second kappa shape index (κ2) is 9.04. The Morgan fingerprint density at radius 1 is 1.21 bits per heavy atom. The maximum absolute atomic E-state index is 13.4. The molecule has 0 saturated heterocycles. The molecule has 1 aliphatic rings. The van der Waals surface area contributed by atoms with Gasteiger partial charge in [0.25, 0.3) is 11.5 Å². The van der Waals surface area contributed by atoms with Crippen molar-refractivity contribution in [3.63, 3.8) is 0 Å². The van der Waals surface area contributed by atoms with Gasteiger partial charge in [0.2, 0.25) is 0 Å². The fourth-order valence-electron chi connectivity index (χ4n) is 4.56. The van der Waals surface area contributed by atoms with Crippen molar-refractivity contribution in [2.24, 2.45) is 0 Å². The van der Waals surface area contributed by atoms with E-state index in [4.69, 9.17) is 11.6 Å². The van der Waals surface area contributed by atoms with E-state index in [1.54, 1.807) is 0 Å². The highest BCUT2D eigenvalue weighted by Gasteiger charge is 2.27. The quantitative estimate of drug-likeness (QED) is 0.467. The van der Waals surface area contributed by atoms with E-state index >= 15 is 0 Å². The standard InChI is InChI=1S/C25H23ClFN5O2/c1-2-31-22-10-11-30(14-16-6-4-3-5-7-16)15-19(22)25(34)32-24(31)18(13-28-32)23(33)29-21-9-8-17(27)12-20(21)26/h3-9,12-13H,2,10-11,14-15H2,1H3,(H,29,33). The second-order valence-electron chi connectivity index (χ2n) is 8.29. The van der Waals surface area contributed by atoms with Crippen molar-refractivity contribution in [3.05, 3.63) is 98.3 Å². The lowest BCUT2D eigenvalue weighted by atomic mass is 10.0. The minimum atomic E-state index is -0.494. The minimum Gasteiger partial charge on any atom is -0.329 e. The SMILES string of the molecule is CCn1c2c(c(=O)n3ncc(C(=O)Nc4ccc(F)cc4Cl)c13)CN(Cc1ccccc1)CC2. The van der Waals surface area contributed by atoms with E-state index < -0.39 is 11.7 Å². The van der Waals surface area contributed by atoms with Gasteiger partial charge in [-0.05, 0) is 30.7 Å². The molecule has 174 valence electrons. The molecule has 1 amide bonds. The van der Waals surface area contributed by atoms with Gasteiger partial charge >= 0.3 is 0 Å². The number of carbonyl (C=O) groups excluding carboxylic acids is 1. The Morgan fingerprint density at radius 2 is 2.00 bits per heavy atom. The van der Waals surface area contributed by atoms with Gasteiger partial charge in [0.05, 0.1) is 22.5 Å². The fourth-order valence-corrected chi connectivity index (χ4v) is 4.78. The molecule has 5 rings (SSSR count). The Labute approximate surface area is 200 Å². The zero-order valence-corrected chi connectivity index (χ0v) is 19.3. The van der Waals surface area contributed by atoms with Crippen molar-refractivity contribution in [1.29, 1.82) is 0 Å². The van der Waals surface area contributed by atoms with Crippen molar-refractivity contribution in [2.75, 3.05) is 11.9 Å². The summed E-state index contributed by atoms with van der Waals surface area (Å²) >= 11 is 6.07. The molecule has 0 spiro atoms. The third kappa shape index (κ3) is 3.99. The van der Waals surface area contributed by atoms with Crippen LogP contribution in [0.4, 0.5) is 10.1 Å². The van der Waals surface area contributed by atoms with Crippen molar-refractivity contribution in [3.8, 4) is 0 Å². The lowest BCUT2D eigenvalue weighted by molar-refractivity contribution is 0.102. The first-order valence-electron chi connectivity index (χ1n) is 11.1. The Hall–Kier alpha value is -3.49. The molecular formula is C25H23ClFN5O2. The van der Waals surface area contributed by atoms with Gasteiger partial charge in [-0.3, -0.25) is 14.5 Å². The highest BCUT2D eigenvalue weighted by molar-refractivity contribution is 6.34. The molecule has 0 radical (unpaired) electrons. The predicted molar refractivity (Wildman–Crippen MR) is 129 cm³/mol. The van der Waals surface area contributed by atoms with Crippen molar-refractivity contribution >= 4 is 28.8 Å². The molecule has 0 bridgehead atoms. The first-order valence-corrected chi connectivity index (χ1v) is 11.5. The Balaban J connectivity index is 1.51. The topological polar surface area (TPSA) is 71.6 Å². The molecule has 4 aromatic rings. The summed E-state index contributed by atoms with van der Waals surface area (Å²) in [5, 5.41) is 7.05. The molecule has 1 aliphatic heterocycles. The van der Waals surface area contributed by atoms with Crippen LogP contribution in [-0.2, 0) is 26.1 Å². The summed E-state index contributed by atoms with van der Waals surface area (Å²) in [6, 6.07) is 13.9. The number of anilines is 1. The summed E-state index contributed by atoms with van der Waals surface area (Å²) in [5.41, 5.74) is 3.60. The Morgan fingerprint density at radius 3 is 2.74 bits per heavy atom. The number of aryl methyl sites for hydroxylation is 1. The molecule has 9 heteroatoms. The first kappa shape index (κ1) is 22.3. The molecule has 3 heterocycles. The molecule has 34 heavy (non-hydrogen) atoms. The van der Waals surface area contributed by atoms with Crippen LogP contribution in [-0.4, -0.2) is 31.5 Å². The monoisotopic (exact) mass is 479 g/mol. The van der Waals surface area contributed by atoms with Gasteiger partial charge in [0.15, 0.2) is 5.65 Å². The van der Waals surface area contributed by atoms with Gasteiger partial charge in [-0.2, -0.15) is 9.61 Å². The number of hydrogen-bond donors (Lipinski definition) is 1. The number of amides is 1. The van der Waals surface area contributed by atoms with Crippen molar-refractivity contribution in [2.45, 2.75) is 33.0 Å². The molecule has 1 N–H and O–H groups in total. The van der Waals surface area contributed by atoms with E-state index in [-0.39, 0.29) is 21.8 Å². The van der Waals surface area contributed by atoms with Crippen LogP contribution in [0, 0.1) is 5.82 Å². The molecule has 0 unspecified atom stereocenters. The van der Waals surface area contributed by atoms with E-state index in [1.807, 2.05) is 29.7 Å².